The van der Waals surface area contributed by atoms with Crippen LogP contribution in [0.4, 0.5) is 26.2 Å². The van der Waals surface area contributed by atoms with E-state index in [-0.39, 0.29) is 17.2 Å². The van der Waals surface area contributed by atoms with Crippen molar-refractivity contribution in [1.29, 1.82) is 0 Å². The van der Waals surface area contributed by atoms with E-state index < -0.39 is 11.8 Å². The molecule has 1 aliphatic rings. The molecule has 3 heterocycles. The number of aromatic nitrogens is 3. The van der Waals surface area contributed by atoms with E-state index in [4.69, 9.17) is 16.3 Å². The number of urea groups is 1. The van der Waals surface area contributed by atoms with Gasteiger partial charge < -0.3 is 20.3 Å². The van der Waals surface area contributed by atoms with Crippen molar-refractivity contribution in [3.8, 4) is 22.9 Å². The second-order valence-electron chi connectivity index (χ2n) is 8.08. The van der Waals surface area contributed by atoms with E-state index in [1.54, 1.807) is 42.7 Å². The summed E-state index contributed by atoms with van der Waals surface area (Å²) in [6, 6.07) is 13.6. The number of hydrogen-bond acceptors (Lipinski definition) is 6. The lowest BCUT2D eigenvalue weighted by molar-refractivity contribution is -0.116. The Bertz CT molecular complexity index is 1430. The van der Waals surface area contributed by atoms with Gasteiger partial charge in [0, 0.05) is 53.3 Å². The summed E-state index contributed by atoms with van der Waals surface area (Å²) < 4.78 is 20.2. The van der Waals surface area contributed by atoms with Crippen LogP contribution in [0.5, 0.6) is 11.6 Å². The molecule has 0 saturated carbocycles. The molecule has 0 aliphatic carbocycles. The standard InChI is InChI=1S/C25H20ClFN6O3/c26-16-8-17(10-18(9-16)33-7-6-19(34)14-33)30-25(35)32-23-11-20(4-5-21(23)27)36-24-3-1-2-22(31-24)15-12-28-29-13-15/h1-5,8-13H,6-7,14H2,(H,28,29)(H2,30,32,35). The Morgan fingerprint density at radius 3 is 2.81 bits per heavy atom. The van der Waals surface area contributed by atoms with Crippen LogP contribution in [-0.4, -0.2) is 40.1 Å². The molecule has 4 aromatic rings. The first-order chi connectivity index (χ1) is 17.4. The van der Waals surface area contributed by atoms with Crippen LogP contribution in [0.1, 0.15) is 6.42 Å². The number of nitrogens with zero attached hydrogens (tertiary/aromatic N) is 3. The number of H-pyrrole nitrogens is 1. The van der Waals surface area contributed by atoms with Crippen LogP contribution >= 0.6 is 11.6 Å². The van der Waals surface area contributed by atoms with Crippen molar-refractivity contribution >= 4 is 40.5 Å². The molecule has 2 aromatic carbocycles. The van der Waals surface area contributed by atoms with Crippen molar-refractivity contribution in [3.05, 3.63) is 77.8 Å². The fourth-order valence-corrected chi connectivity index (χ4v) is 4.00. The molecular weight excluding hydrogens is 487 g/mol. The van der Waals surface area contributed by atoms with Gasteiger partial charge >= 0.3 is 6.03 Å². The van der Waals surface area contributed by atoms with E-state index in [0.29, 0.717) is 41.8 Å². The molecule has 0 bridgehead atoms. The fraction of sp³-hybridized carbons (Fsp3) is 0.120. The first kappa shape index (κ1) is 23.3. The number of benzene rings is 2. The highest BCUT2D eigenvalue weighted by Crippen LogP contribution is 2.29. The SMILES string of the molecule is O=C1CCN(c2cc(Cl)cc(NC(=O)Nc3cc(Oc4cccc(-c5cn[nH]c5)n4)ccc3F)c2)C1. The molecule has 3 N–H and O–H groups in total. The van der Waals surface area contributed by atoms with Crippen molar-refractivity contribution in [3.63, 3.8) is 0 Å². The van der Waals surface area contributed by atoms with Gasteiger partial charge in [0.15, 0.2) is 5.78 Å². The van der Waals surface area contributed by atoms with Gasteiger partial charge in [0.2, 0.25) is 5.88 Å². The van der Waals surface area contributed by atoms with Gasteiger partial charge in [-0.25, -0.2) is 14.2 Å². The zero-order chi connectivity index (χ0) is 25.1. The lowest BCUT2D eigenvalue weighted by Crippen LogP contribution is -2.22. The maximum absolute atomic E-state index is 14.4. The van der Waals surface area contributed by atoms with Gasteiger partial charge in [-0.05, 0) is 36.4 Å². The van der Waals surface area contributed by atoms with Gasteiger partial charge in [-0.15, -0.1) is 0 Å². The highest BCUT2D eigenvalue weighted by atomic mass is 35.5. The van der Waals surface area contributed by atoms with Gasteiger partial charge in [0.05, 0.1) is 24.1 Å². The average Bonchev–Trinajstić information content (AvgIpc) is 3.53. The minimum Gasteiger partial charge on any atom is -0.439 e. The lowest BCUT2D eigenvalue weighted by Gasteiger charge is -2.18. The predicted octanol–water partition coefficient (Wildman–Crippen LogP) is 5.48. The van der Waals surface area contributed by atoms with Crippen LogP contribution in [0, 0.1) is 5.82 Å². The summed E-state index contributed by atoms with van der Waals surface area (Å²) in [6.07, 6.45) is 3.81. The molecule has 5 rings (SSSR count). The number of rotatable bonds is 6. The maximum Gasteiger partial charge on any atom is 0.323 e. The van der Waals surface area contributed by atoms with Crippen molar-refractivity contribution in [2.24, 2.45) is 0 Å². The third kappa shape index (κ3) is 5.44. The van der Waals surface area contributed by atoms with E-state index in [0.717, 1.165) is 11.3 Å². The number of Topliss-reactive ketones (excluding diaryl/α,β-unsaturated/α-hetero) is 1. The first-order valence-electron chi connectivity index (χ1n) is 11.0. The molecule has 1 fully saturated rings. The Morgan fingerprint density at radius 1 is 1.14 bits per heavy atom. The number of ether oxygens (including phenoxy) is 1. The first-order valence-corrected chi connectivity index (χ1v) is 11.4. The number of halogens is 2. The van der Waals surface area contributed by atoms with Gasteiger partial charge in [-0.3, -0.25) is 9.89 Å². The Labute approximate surface area is 210 Å². The summed E-state index contributed by atoms with van der Waals surface area (Å²) in [6.45, 7) is 0.881. The molecule has 182 valence electrons. The molecule has 0 spiro atoms. The van der Waals surface area contributed by atoms with Crippen LogP contribution in [0.3, 0.4) is 0 Å². The van der Waals surface area contributed by atoms with E-state index in [2.05, 4.69) is 25.8 Å². The summed E-state index contributed by atoms with van der Waals surface area (Å²) >= 11 is 6.20. The summed E-state index contributed by atoms with van der Waals surface area (Å²) in [5.74, 6) is 0.0815. The molecular formula is C25H20ClFN6O3. The highest BCUT2D eigenvalue weighted by molar-refractivity contribution is 6.31. The Hall–Kier alpha value is -4.44. The number of carbonyl (C=O) groups is 2. The molecule has 2 amide bonds. The van der Waals surface area contributed by atoms with Crippen molar-refractivity contribution < 1.29 is 18.7 Å². The second kappa shape index (κ2) is 10.0. The van der Waals surface area contributed by atoms with Crippen molar-refractivity contribution in [1.82, 2.24) is 15.2 Å². The van der Waals surface area contributed by atoms with E-state index >= 15 is 0 Å². The molecule has 9 nitrogen and oxygen atoms in total. The molecule has 0 radical (unpaired) electrons. The van der Waals surface area contributed by atoms with Crippen molar-refractivity contribution in [2.45, 2.75) is 6.42 Å². The Kier molecular flexibility index (Phi) is 6.50. The number of amides is 2. The van der Waals surface area contributed by atoms with Gasteiger partial charge in [0.1, 0.15) is 11.6 Å². The number of ketones is 1. The molecule has 1 saturated heterocycles. The lowest BCUT2D eigenvalue weighted by atomic mass is 10.2. The minimum absolute atomic E-state index is 0.0802. The summed E-state index contributed by atoms with van der Waals surface area (Å²) in [7, 11) is 0. The zero-order valence-electron chi connectivity index (χ0n) is 18.8. The fourth-order valence-electron chi connectivity index (χ4n) is 3.77. The molecule has 0 unspecified atom stereocenters. The average molecular weight is 507 g/mol. The zero-order valence-corrected chi connectivity index (χ0v) is 19.6. The van der Waals surface area contributed by atoms with Crippen LogP contribution in [0.2, 0.25) is 5.02 Å². The van der Waals surface area contributed by atoms with Crippen LogP contribution < -0.4 is 20.3 Å². The van der Waals surface area contributed by atoms with Gasteiger partial charge in [-0.2, -0.15) is 5.10 Å². The number of anilines is 3. The van der Waals surface area contributed by atoms with Gasteiger partial charge in [0.25, 0.3) is 0 Å². The van der Waals surface area contributed by atoms with Crippen molar-refractivity contribution in [2.75, 3.05) is 28.6 Å². The molecule has 1 aliphatic heterocycles. The maximum atomic E-state index is 14.4. The van der Waals surface area contributed by atoms with Gasteiger partial charge in [-0.1, -0.05) is 17.7 Å². The molecule has 36 heavy (non-hydrogen) atoms. The monoisotopic (exact) mass is 506 g/mol. The van der Waals surface area contributed by atoms with E-state index in [1.165, 1.54) is 18.2 Å². The summed E-state index contributed by atoms with van der Waals surface area (Å²) in [4.78, 5) is 30.5. The third-order valence-corrected chi connectivity index (χ3v) is 5.68. The van der Waals surface area contributed by atoms with Crippen LogP contribution in [0.15, 0.2) is 67.0 Å². The summed E-state index contributed by atoms with van der Waals surface area (Å²) in [5.41, 5.74) is 2.49. The third-order valence-electron chi connectivity index (χ3n) is 5.46. The van der Waals surface area contributed by atoms with Crippen LogP contribution in [0.25, 0.3) is 11.3 Å². The van der Waals surface area contributed by atoms with Crippen LogP contribution in [-0.2, 0) is 4.79 Å². The number of aromatic amines is 1. The smallest absolute Gasteiger partial charge is 0.323 e. The number of hydrogen-bond donors (Lipinski definition) is 3. The van der Waals surface area contributed by atoms with E-state index in [1.807, 2.05) is 11.0 Å². The predicted molar refractivity (Wildman–Crippen MR) is 134 cm³/mol. The number of carbonyl (C=O) groups excluding carboxylic acids is 2. The quantitative estimate of drug-likeness (QED) is 0.319. The second-order valence-corrected chi connectivity index (χ2v) is 8.52. The summed E-state index contributed by atoms with van der Waals surface area (Å²) in [5, 5.41) is 12.2. The number of nitrogens with one attached hydrogen (secondary N) is 3. The molecule has 11 heteroatoms. The number of pyridine rings is 1. The minimum atomic E-state index is -0.670. The Morgan fingerprint density at radius 2 is 2.03 bits per heavy atom. The molecule has 0 atom stereocenters. The molecule has 2 aromatic heterocycles. The largest absolute Gasteiger partial charge is 0.439 e. The van der Waals surface area contributed by atoms with E-state index in [9.17, 15) is 14.0 Å². The normalized spacial score (nSPS) is 13.1. The highest BCUT2D eigenvalue weighted by Gasteiger charge is 2.20. The topological polar surface area (TPSA) is 112 Å². The Balaban J connectivity index is 1.28.